The van der Waals surface area contributed by atoms with Crippen molar-refractivity contribution >= 4 is 45.1 Å². The van der Waals surface area contributed by atoms with Crippen LogP contribution in [-0.4, -0.2) is 136 Å². The molecule has 19 heteroatoms. The van der Waals surface area contributed by atoms with E-state index in [2.05, 4.69) is 52.3 Å². The number of aromatic nitrogens is 1. The number of fused-ring (bicyclic) bond motifs is 8. The van der Waals surface area contributed by atoms with Crippen molar-refractivity contribution in [2.24, 2.45) is 122 Å². The fourth-order valence-corrected chi connectivity index (χ4v) is 23.9. The Morgan fingerprint density at radius 2 is 1.69 bits per heavy atom. The number of ether oxygens (including phenoxy) is 1. The molecular formula is C67H87N5O12S2. The maximum absolute atomic E-state index is 16.3. The van der Waals surface area contributed by atoms with Crippen molar-refractivity contribution in [1.29, 1.82) is 0 Å². The summed E-state index contributed by atoms with van der Waals surface area (Å²) in [6.07, 6.45) is 8.62. The summed E-state index contributed by atoms with van der Waals surface area (Å²) in [5, 5.41) is 104. The first-order valence-corrected chi connectivity index (χ1v) is 34.2. The number of phenols is 1. The van der Waals surface area contributed by atoms with Gasteiger partial charge < -0.3 is 67.4 Å². The number of H-pyrrole nitrogens is 1. The van der Waals surface area contributed by atoms with Crippen molar-refractivity contribution in [3.63, 3.8) is 0 Å². The van der Waals surface area contributed by atoms with Crippen LogP contribution in [0.15, 0.2) is 82.8 Å². The Labute approximate surface area is 511 Å². The number of carbonyl (C=O) groups excluding carboxylic acids is 3. The number of nitrogens with two attached hydrogens (primary N) is 2. The van der Waals surface area contributed by atoms with Gasteiger partial charge in [-0.2, -0.15) is 0 Å². The second-order valence-corrected chi connectivity index (χ2v) is 31.3. The molecule has 7 fully saturated rings. The van der Waals surface area contributed by atoms with Crippen LogP contribution in [0, 0.1) is 117 Å². The van der Waals surface area contributed by atoms with Gasteiger partial charge in [-0.15, -0.1) is 5.92 Å². The number of aromatic amines is 1. The van der Waals surface area contributed by atoms with E-state index < -0.39 is 112 Å². The van der Waals surface area contributed by atoms with Gasteiger partial charge in [-0.05, 0) is 164 Å². The number of hydrogen-bond donors (Lipinski definition) is 12. The Morgan fingerprint density at radius 3 is 2.43 bits per heavy atom. The molecule has 2 aromatic rings. The molecule has 14 N–H and O–H groups in total. The number of benzene rings is 1. The second kappa shape index (κ2) is 22.7. The lowest BCUT2D eigenvalue weighted by atomic mass is 9.37. The number of Topliss-reactive ketones (excluding diaryl/α,β-unsaturated/α-hetero) is 2. The fourth-order valence-electron chi connectivity index (χ4n) is 21.2. The number of hydrogen-bond acceptors (Lipinski definition) is 16. The molecule has 11 aliphatic rings. The summed E-state index contributed by atoms with van der Waals surface area (Å²) in [6, 6.07) is 8.70. The van der Waals surface area contributed by atoms with Gasteiger partial charge in [0.1, 0.15) is 5.75 Å². The number of aliphatic hydroxyl groups excluding tert-OH is 4. The van der Waals surface area contributed by atoms with Crippen LogP contribution in [0.25, 0.3) is 0 Å². The largest absolute Gasteiger partial charge is 0.508 e. The first kappa shape index (κ1) is 60.3. The number of aliphatic hydroxyl groups is 7. The summed E-state index contributed by atoms with van der Waals surface area (Å²) in [4.78, 5) is 52.8. The zero-order chi connectivity index (χ0) is 60.5. The zero-order valence-electron chi connectivity index (χ0n) is 49.4. The normalized spacial score (nSPS) is 46.3. The van der Waals surface area contributed by atoms with Gasteiger partial charge >= 0.3 is 5.97 Å². The van der Waals surface area contributed by atoms with E-state index in [1.54, 1.807) is 48.2 Å². The first-order chi connectivity index (χ1) is 41.1. The summed E-state index contributed by atoms with van der Waals surface area (Å²) in [6.45, 7) is 5.81. The van der Waals surface area contributed by atoms with Crippen molar-refractivity contribution in [2.45, 2.75) is 139 Å². The second-order valence-electron chi connectivity index (χ2n) is 28.8. The summed E-state index contributed by atoms with van der Waals surface area (Å²) < 4.78 is 6.02. The van der Waals surface area contributed by atoms with Crippen LogP contribution in [0.4, 0.5) is 0 Å². The summed E-state index contributed by atoms with van der Waals surface area (Å²) >= 11 is 0. The standard InChI is InChI=1S/C67H87N5O12S2/c1-32-7-8-34-20-35-12-16-44-43(47-29-84-62(81)52(47)38-17-18-70-26-38)6-4-5-37-24-67(83)56-54(36-9-13-40(27-72-63(68)69)66(67,23-36)60(37)65(3,82)50(76)22-46(61(79)80)51(35)53(44)45(34)19-32)64(2)25-49(75)58(77)48-31-86-85-30-39(33-10-14-41(73)15-11-33)21-42(74)28-71-57(56)59(78)55(48)64/h10-12,14-18,20,26,32,35-37,39-40,43-55,58,60-61,70-71,73,75-77,79-80,82-83H,5,7-9,13,19,21-25,27-31H2,1-3H3,(H4,68,69,72)/t32-,35+,36+,37-,39+,40+,43+,44+,45+,46-,47+,48+,49+,50-,51+,52+,53-,54+,55+,58-,60-,64-,65+,66+,67-/m1/s1. The number of nitrogens with one attached hydrogen (secondary N) is 2. The lowest BCUT2D eigenvalue weighted by Gasteiger charge is -2.68. The zero-order valence-corrected chi connectivity index (χ0v) is 51.1. The van der Waals surface area contributed by atoms with E-state index in [4.69, 9.17) is 16.2 Å². The van der Waals surface area contributed by atoms with Gasteiger partial charge in [-0.25, -0.2) is 0 Å². The lowest BCUT2D eigenvalue weighted by molar-refractivity contribution is -0.233. The summed E-state index contributed by atoms with van der Waals surface area (Å²) in [5.74, 6) is -0.648. The predicted molar refractivity (Wildman–Crippen MR) is 326 cm³/mol. The number of rotatable bonds is 6. The van der Waals surface area contributed by atoms with Crippen molar-refractivity contribution < 1.29 is 60.0 Å². The topological polar surface area (TPSA) is 315 Å². The van der Waals surface area contributed by atoms with Crippen LogP contribution in [-0.2, 0) is 19.1 Å². The van der Waals surface area contributed by atoms with Crippen LogP contribution >= 0.6 is 21.6 Å². The highest BCUT2D eigenvalue weighted by Crippen LogP contribution is 2.77. The van der Waals surface area contributed by atoms with Crippen molar-refractivity contribution in [2.75, 3.05) is 31.2 Å². The molecule has 2 saturated heterocycles. The van der Waals surface area contributed by atoms with E-state index in [-0.39, 0.29) is 122 Å². The molecule has 86 heavy (non-hydrogen) atoms. The minimum absolute atomic E-state index is 0.0373. The van der Waals surface area contributed by atoms with Crippen LogP contribution < -0.4 is 16.8 Å². The summed E-state index contributed by atoms with van der Waals surface area (Å²) in [7, 11) is 3.05. The Balaban J connectivity index is 1.00. The number of phenolic OH excluding ortho intramolecular Hbond substituents is 1. The third-order valence-electron chi connectivity index (χ3n) is 24.4. The molecule has 25 atom stereocenters. The van der Waals surface area contributed by atoms with Gasteiger partial charge in [0, 0.05) is 90.1 Å². The molecule has 0 unspecified atom stereocenters. The van der Waals surface area contributed by atoms with E-state index in [0.717, 1.165) is 30.4 Å². The van der Waals surface area contributed by atoms with Crippen LogP contribution in [0.3, 0.4) is 0 Å². The minimum Gasteiger partial charge on any atom is -0.508 e. The number of aromatic hydroxyl groups is 1. The maximum Gasteiger partial charge on any atom is 0.313 e. The smallest absolute Gasteiger partial charge is 0.313 e. The lowest BCUT2D eigenvalue weighted by Crippen LogP contribution is -2.71. The third-order valence-corrected chi connectivity index (χ3v) is 27.0. The van der Waals surface area contributed by atoms with Gasteiger partial charge in [0.25, 0.3) is 0 Å². The van der Waals surface area contributed by atoms with Gasteiger partial charge in [0.2, 0.25) is 0 Å². The van der Waals surface area contributed by atoms with E-state index in [1.807, 2.05) is 19.2 Å². The highest BCUT2D eigenvalue weighted by molar-refractivity contribution is 8.76. The van der Waals surface area contributed by atoms with Crippen molar-refractivity contribution in [3.05, 3.63) is 88.9 Å². The average Bonchev–Trinajstić information content (AvgIpc) is 1.30. The summed E-state index contributed by atoms with van der Waals surface area (Å²) in [5.41, 5.74) is 9.43. The molecule has 13 rings (SSSR count). The van der Waals surface area contributed by atoms with Crippen LogP contribution in [0.1, 0.15) is 114 Å². The van der Waals surface area contributed by atoms with Crippen molar-refractivity contribution in [3.8, 4) is 17.6 Å². The monoisotopic (exact) mass is 1220 g/mol. The Morgan fingerprint density at radius 1 is 0.907 bits per heavy atom. The molecule has 1 spiro atoms. The highest BCUT2D eigenvalue weighted by atomic mass is 33.1. The number of allylic oxidation sites excluding steroid dienone is 5. The molecular weight excluding hydrogens is 1130 g/mol. The molecule has 3 heterocycles. The average molecular weight is 1220 g/mol. The van der Waals surface area contributed by atoms with Gasteiger partial charge in [0.15, 0.2) is 23.8 Å². The molecule has 5 saturated carbocycles. The molecule has 0 radical (unpaired) electrons. The predicted octanol–water partition coefficient (Wildman–Crippen LogP) is 5.44. The molecule has 17 nitrogen and oxygen atoms in total. The van der Waals surface area contributed by atoms with Gasteiger partial charge in [0.05, 0.1) is 54.3 Å². The molecule has 464 valence electrons. The maximum atomic E-state index is 16.3. The SMILES string of the molecule is C[C@@H]1CCC2=C[C@@H]3C=C[C@H]4[C@@H]([C@@H]5COC(=O)[C@H]5c5cc[nH]c5)C#CC[C@@H]5C[C@@]6(O)C7=C8NCC(=O)C[C@H](c9ccc(O)cc9)CSSC[C@@H]9[C@@H](O)[C@@H](O)C[C@](C)([C@H]7[C@H]7CC[C@@H](CN=C(N)N)[C@@]6(C7)[C@H]5[C@@](C)(O)[C@H](O)C[C@@H](C(O)O)[C@H]3[C@H]4[C@H]2C1)[C@@H]9C8=O. The molecule has 9 aliphatic carbocycles. The van der Waals surface area contributed by atoms with Gasteiger partial charge in [-0.1, -0.05) is 77.3 Å². The van der Waals surface area contributed by atoms with E-state index >= 15 is 9.90 Å². The number of carbonyl (C=O) groups is 3. The third kappa shape index (κ3) is 9.60. The van der Waals surface area contributed by atoms with E-state index in [1.165, 1.54) is 16.4 Å². The molecule has 2 aliphatic heterocycles. The fraction of sp³-hybridized carbons (Fsp3) is 0.672. The van der Waals surface area contributed by atoms with Crippen LogP contribution in [0.2, 0.25) is 0 Å². The molecule has 0 amide bonds. The number of nitrogens with zero attached hydrogens (tertiary/aromatic N) is 1. The minimum atomic E-state index is -2.08. The number of cyclic esters (lactones) is 1. The number of ketones is 2. The Kier molecular flexibility index (Phi) is 15.9. The quantitative estimate of drug-likeness (QED) is 0.0326. The van der Waals surface area contributed by atoms with E-state index in [9.17, 15) is 45.3 Å². The first-order valence-electron chi connectivity index (χ1n) is 31.7. The highest BCUT2D eigenvalue weighted by Gasteiger charge is 2.79. The molecule has 1 aromatic carbocycles. The number of esters is 1. The van der Waals surface area contributed by atoms with E-state index in [0.29, 0.717) is 42.3 Å². The van der Waals surface area contributed by atoms with Crippen molar-refractivity contribution in [1.82, 2.24) is 10.3 Å². The number of guanidine groups is 1. The molecule has 1 aromatic heterocycles. The van der Waals surface area contributed by atoms with Crippen LogP contribution in [0.5, 0.6) is 5.75 Å². The molecule has 8 bridgehead atoms. The number of aliphatic imine (C=N–C) groups is 1. The Hall–Kier alpha value is -4.62. The van der Waals surface area contributed by atoms with Gasteiger partial charge in [-0.3, -0.25) is 19.4 Å². The Bertz CT molecular complexity index is 3150.